The zero-order valence-corrected chi connectivity index (χ0v) is 9.06. The van der Waals surface area contributed by atoms with Gasteiger partial charge in [-0.25, -0.2) is 4.98 Å². The number of alkyl halides is 3. The predicted octanol–water partition coefficient (Wildman–Crippen LogP) is 3.03. The summed E-state index contributed by atoms with van der Waals surface area (Å²) in [4.78, 5) is 14.6. The topological polar surface area (TPSA) is 42.0 Å². The molecule has 1 N–H and O–H groups in total. The van der Waals surface area contributed by atoms with E-state index in [1.165, 1.54) is 0 Å². The minimum atomic E-state index is -4.60. The normalized spacial score (nSPS) is 10.6. The standard InChI is InChI=1S/C10H6ClF3N2O/c1-2-3-7(17)16-9-8(11)6(4-5-15-9)10(12,13)14/h3-5H,1H2,(H,15,16,17). The average molecular weight is 263 g/mol. The zero-order chi connectivity index (χ0) is 13.1. The van der Waals surface area contributed by atoms with Crippen molar-refractivity contribution in [2.75, 3.05) is 5.32 Å². The Labute approximate surface area is 99.6 Å². The summed E-state index contributed by atoms with van der Waals surface area (Å²) < 4.78 is 37.4. The van der Waals surface area contributed by atoms with Crippen LogP contribution in [-0.4, -0.2) is 10.9 Å². The molecule has 0 fully saturated rings. The highest BCUT2D eigenvalue weighted by Gasteiger charge is 2.34. The summed E-state index contributed by atoms with van der Waals surface area (Å²) >= 11 is 5.49. The second-order valence-electron chi connectivity index (χ2n) is 2.86. The van der Waals surface area contributed by atoms with Gasteiger partial charge in [-0.2, -0.15) is 13.2 Å². The van der Waals surface area contributed by atoms with Crippen LogP contribution in [0.2, 0.25) is 5.02 Å². The average Bonchev–Trinajstić information content (AvgIpc) is 2.19. The first-order valence-corrected chi connectivity index (χ1v) is 4.62. The minimum Gasteiger partial charge on any atom is -0.305 e. The summed E-state index contributed by atoms with van der Waals surface area (Å²) in [6.07, 6.45) is -2.78. The number of aromatic nitrogens is 1. The first-order chi connectivity index (χ1) is 7.86. The van der Waals surface area contributed by atoms with E-state index in [0.717, 1.165) is 18.3 Å². The molecule has 3 nitrogen and oxygen atoms in total. The Morgan fingerprint density at radius 3 is 2.76 bits per heavy atom. The van der Waals surface area contributed by atoms with E-state index in [0.29, 0.717) is 0 Å². The van der Waals surface area contributed by atoms with Crippen molar-refractivity contribution in [2.45, 2.75) is 6.18 Å². The fraction of sp³-hybridized carbons (Fsp3) is 0.100. The van der Waals surface area contributed by atoms with E-state index in [-0.39, 0.29) is 5.82 Å². The molecule has 1 aromatic rings. The molecule has 0 aliphatic heterocycles. The number of pyridine rings is 1. The first kappa shape index (κ1) is 13.3. The smallest absolute Gasteiger partial charge is 0.305 e. The number of carbonyl (C=O) groups excluding carboxylic acids is 1. The number of hydrogen-bond donors (Lipinski definition) is 1. The molecule has 90 valence electrons. The lowest BCUT2D eigenvalue weighted by molar-refractivity contribution is -0.137. The Bertz CT molecular complexity index is 493. The van der Waals surface area contributed by atoms with Gasteiger partial charge in [-0.1, -0.05) is 18.2 Å². The predicted molar refractivity (Wildman–Crippen MR) is 56.6 cm³/mol. The highest BCUT2D eigenvalue weighted by molar-refractivity contribution is 6.34. The second-order valence-corrected chi connectivity index (χ2v) is 3.23. The summed E-state index contributed by atoms with van der Waals surface area (Å²) in [5.41, 5.74) is 1.11. The lowest BCUT2D eigenvalue weighted by Crippen LogP contribution is -2.13. The summed E-state index contributed by atoms with van der Waals surface area (Å²) in [5, 5.41) is 1.42. The van der Waals surface area contributed by atoms with Crippen LogP contribution in [0.1, 0.15) is 5.56 Å². The van der Waals surface area contributed by atoms with Gasteiger partial charge in [0.1, 0.15) is 0 Å². The van der Waals surface area contributed by atoms with E-state index in [4.69, 9.17) is 11.6 Å². The molecule has 0 saturated heterocycles. The van der Waals surface area contributed by atoms with E-state index < -0.39 is 22.7 Å². The quantitative estimate of drug-likeness (QED) is 0.657. The third kappa shape index (κ3) is 3.34. The van der Waals surface area contributed by atoms with Gasteiger partial charge in [-0.3, -0.25) is 4.79 Å². The molecule has 0 radical (unpaired) electrons. The number of carbonyl (C=O) groups is 1. The van der Waals surface area contributed by atoms with Gasteiger partial charge in [0.05, 0.1) is 10.6 Å². The molecular formula is C10H6ClF3N2O. The molecule has 7 heteroatoms. The van der Waals surface area contributed by atoms with Crippen molar-refractivity contribution in [1.82, 2.24) is 4.98 Å². The van der Waals surface area contributed by atoms with Crippen molar-refractivity contribution in [3.8, 4) is 0 Å². The van der Waals surface area contributed by atoms with Gasteiger partial charge in [-0.05, 0) is 6.07 Å². The van der Waals surface area contributed by atoms with Gasteiger partial charge >= 0.3 is 6.18 Å². The number of nitrogens with one attached hydrogen (secondary N) is 1. The van der Waals surface area contributed by atoms with E-state index >= 15 is 0 Å². The van der Waals surface area contributed by atoms with Crippen molar-refractivity contribution in [3.63, 3.8) is 0 Å². The number of hydrogen-bond acceptors (Lipinski definition) is 2. The molecule has 1 rings (SSSR count). The van der Waals surface area contributed by atoms with Crippen LogP contribution >= 0.6 is 11.6 Å². The van der Waals surface area contributed by atoms with Gasteiger partial charge in [0, 0.05) is 12.3 Å². The van der Waals surface area contributed by atoms with Crippen LogP contribution in [0.5, 0.6) is 0 Å². The van der Waals surface area contributed by atoms with Gasteiger partial charge < -0.3 is 5.32 Å². The molecule has 0 spiro atoms. The van der Waals surface area contributed by atoms with E-state index in [2.05, 4.69) is 22.6 Å². The van der Waals surface area contributed by atoms with Gasteiger partial charge in [-0.15, -0.1) is 5.73 Å². The number of rotatable bonds is 2. The molecular weight excluding hydrogens is 257 g/mol. The Balaban J connectivity index is 3.11. The Hall–Kier alpha value is -1.78. The molecule has 17 heavy (non-hydrogen) atoms. The zero-order valence-electron chi connectivity index (χ0n) is 8.31. The third-order valence-electron chi connectivity index (χ3n) is 1.67. The van der Waals surface area contributed by atoms with Crippen LogP contribution < -0.4 is 5.32 Å². The van der Waals surface area contributed by atoms with Crippen molar-refractivity contribution < 1.29 is 18.0 Å². The van der Waals surface area contributed by atoms with Crippen LogP contribution in [0, 0.1) is 0 Å². The molecule has 0 aliphatic carbocycles. The maximum absolute atomic E-state index is 12.5. The van der Waals surface area contributed by atoms with E-state index in [1.54, 1.807) is 0 Å². The van der Waals surface area contributed by atoms with Crippen LogP contribution in [-0.2, 0) is 11.0 Å². The Morgan fingerprint density at radius 2 is 2.24 bits per heavy atom. The molecule has 1 amide bonds. The van der Waals surface area contributed by atoms with Crippen LogP contribution in [0.4, 0.5) is 19.0 Å². The second kappa shape index (κ2) is 5.03. The van der Waals surface area contributed by atoms with Crippen molar-refractivity contribution >= 4 is 23.3 Å². The number of nitrogens with zero attached hydrogens (tertiary/aromatic N) is 1. The first-order valence-electron chi connectivity index (χ1n) is 4.24. The highest BCUT2D eigenvalue weighted by atomic mass is 35.5. The summed E-state index contributed by atoms with van der Waals surface area (Å²) in [6.45, 7) is 3.15. The van der Waals surface area contributed by atoms with Gasteiger partial charge in [0.2, 0.25) is 0 Å². The van der Waals surface area contributed by atoms with Crippen LogP contribution in [0.15, 0.2) is 30.6 Å². The van der Waals surface area contributed by atoms with Crippen molar-refractivity contribution in [2.24, 2.45) is 0 Å². The van der Waals surface area contributed by atoms with Crippen molar-refractivity contribution in [3.05, 3.63) is 41.2 Å². The SMILES string of the molecule is C=C=CC(=O)Nc1nccc(C(F)(F)F)c1Cl. The monoisotopic (exact) mass is 262 g/mol. The van der Waals surface area contributed by atoms with E-state index in [1.807, 2.05) is 0 Å². The third-order valence-corrected chi connectivity index (χ3v) is 2.05. The van der Waals surface area contributed by atoms with Crippen LogP contribution in [0.3, 0.4) is 0 Å². The summed E-state index contributed by atoms with van der Waals surface area (Å²) in [6, 6.07) is 0.724. The fourth-order valence-electron chi connectivity index (χ4n) is 0.995. The van der Waals surface area contributed by atoms with Gasteiger partial charge in [0.15, 0.2) is 5.82 Å². The Morgan fingerprint density at radius 1 is 1.59 bits per heavy atom. The van der Waals surface area contributed by atoms with Crippen LogP contribution in [0.25, 0.3) is 0 Å². The largest absolute Gasteiger partial charge is 0.418 e. The molecule has 1 aromatic heterocycles. The lowest BCUT2D eigenvalue weighted by Gasteiger charge is -2.11. The molecule has 0 bridgehead atoms. The fourth-order valence-corrected chi connectivity index (χ4v) is 1.26. The van der Waals surface area contributed by atoms with E-state index in [9.17, 15) is 18.0 Å². The highest BCUT2D eigenvalue weighted by Crippen LogP contribution is 2.37. The maximum Gasteiger partial charge on any atom is 0.418 e. The van der Waals surface area contributed by atoms with Gasteiger partial charge in [0.25, 0.3) is 5.91 Å². The maximum atomic E-state index is 12.5. The molecule has 0 unspecified atom stereocenters. The summed E-state index contributed by atoms with van der Waals surface area (Å²) in [7, 11) is 0. The summed E-state index contributed by atoms with van der Waals surface area (Å²) in [5.74, 6) is -1.08. The molecule has 1 heterocycles. The molecule has 0 aromatic carbocycles. The minimum absolute atomic E-state index is 0.363. The Kier molecular flexibility index (Phi) is 3.93. The lowest BCUT2D eigenvalue weighted by atomic mass is 10.2. The molecule has 0 aliphatic rings. The number of anilines is 1. The molecule has 0 atom stereocenters. The number of halogens is 4. The number of amides is 1. The van der Waals surface area contributed by atoms with Crippen molar-refractivity contribution in [1.29, 1.82) is 0 Å². The molecule has 0 saturated carbocycles.